The topological polar surface area (TPSA) is 82.5 Å². The Morgan fingerprint density at radius 2 is 2.04 bits per heavy atom. The Hall–Kier alpha value is -2.81. The minimum atomic E-state index is -0.292. The Bertz CT molecular complexity index is 1050. The molecule has 9 heteroatoms. The van der Waals surface area contributed by atoms with E-state index in [9.17, 15) is 4.39 Å². The summed E-state index contributed by atoms with van der Waals surface area (Å²) in [5.41, 5.74) is 1.40. The molecule has 0 saturated heterocycles. The van der Waals surface area contributed by atoms with Gasteiger partial charge in [0.1, 0.15) is 17.2 Å². The highest BCUT2D eigenvalue weighted by atomic mass is 32.2. The fraction of sp³-hybridized carbons (Fsp3) is 0.278. The number of nitrogens with zero attached hydrogens (tertiary/aromatic N) is 6. The molecule has 0 unspecified atom stereocenters. The fourth-order valence-electron chi connectivity index (χ4n) is 2.62. The van der Waals surface area contributed by atoms with Gasteiger partial charge in [0.25, 0.3) is 0 Å². The van der Waals surface area contributed by atoms with Gasteiger partial charge in [0, 0.05) is 6.42 Å². The van der Waals surface area contributed by atoms with Crippen LogP contribution in [0.2, 0.25) is 0 Å². The number of benzene rings is 1. The molecule has 27 heavy (non-hydrogen) atoms. The second kappa shape index (κ2) is 7.83. The van der Waals surface area contributed by atoms with Gasteiger partial charge in [0.15, 0.2) is 11.5 Å². The molecule has 3 heterocycles. The lowest BCUT2D eigenvalue weighted by Crippen LogP contribution is -1.98. The van der Waals surface area contributed by atoms with E-state index in [2.05, 4.69) is 32.1 Å². The molecular formula is C18H17FN6OS. The molecule has 138 valence electrons. The number of hydrogen-bond acceptors (Lipinski definition) is 7. The van der Waals surface area contributed by atoms with Gasteiger partial charge in [-0.2, -0.15) is 10.1 Å². The number of fused-ring (bicyclic) bond motifs is 1. The van der Waals surface area contributed by atoms with Crippen LogP contribution in [0.4, 0.5) is 4.39 Å². The van der Waals surface area contributed by atoms with E-state index in [0.29, 0.717) is 23.1 Å². The second-order valence-electron chi connectivity index (χ2n) is 5.95. The maximum Gasteiger partial charge on any atom is 0.226 e. The molecule has 3 aromatic heterocycles. The highest BCUT2D eigenvalue weighted by Gasteiger charge is 2.13. The average molecular weight is 384 g/mol. The fourth-order valence-corrected chi connectivity index (χ4v) is 3.42. The zero-order valence-electron chi connectivity index (χ0n) is 14.7. The molecule has 1 aromatic carbocycles. The predicted molar refractivity (Wildman–Crippen MR) is 99.1 cm³/mol. The van der Waals surface area contributed by atoms with E-state index in [4.69, 9.17) is 4.52 Å². The van der Waals surface area contributed by atoms with Crippen LogP contribution in [0.3, 0.4) is 0 Å². The van der Waals surface area contributed by atoms with E-state index in [1.165, 1.54) is 30.2 Å². The summed E-state index contributed by atoms with van der Waals surface area (Å²) in [7, 11) is 0. The van der Waals surface area contributed by atoms with Crippen molar-refractivity contribution in [1.29, 1.82) is 0 Å². The minimum absolute atomic E-state index is 0.292. The highest BCUT2D eigenvalue weighted by Crippen LogP contribution is 2.27. The van der Waals surface area contributed by atoms with Crippen LogP contribution in [-0.4, -0.2) is 29.9 Å². The van der Waals surface area contributed by atoms with E-state index in [-0.39, 0.29) is 5.82 Å². The van der Waals surface area contributed by atoms with Crippen LogP contribution < -0.4 is 0 Å². The summed E-state index contributed by atoms with van der Waals surface area (Å²) < 4.78 is 20.1. The third kappa shape index (κ3) is 3.82. The summed E-state index contributed by atoms with van der Waals surface area (Å²) in [4.78, 5) is 13.1. The molecule has 4 rings (SSSR count). The molecule has 0 fully saturated rings. The van der Waals surface area contributed by atoms with Gasteiger partial charge < -0.3 is 4.52 Å². The van der Waals surface area contributed by atoms with Crippen LogP contribution in [0.25, 0.3) is 16.7 Å². The summed E-state index contributed by atoms with van der Waals surface area (Å²) >= 11 is 1.50. The van der Waals surface area contributed by atoms with Gasteiger partial charge in [-0.3, -0.25) is 0 Å². The Kier molecular flexibility index (Phi) is 5.10. The maximum absolute atomic E-state index is 13.2. The van der Waals surface area contributed by atoms with Crippen LogP contribution in [0, 0.1) is 5.82 Å². The smallest absolute Gasteiger partial charge is 0.226 e. The van der Waals surface area contributed by atoms with E-state index < -0.39 is 0 Å². The van der Waals surface area contributed by atoms with Crippen molar-refractivity contribution in [2.75, 3.05) is 0 Å². The molecular weight excluding hydrogens is 367 g/mol. The zero-order valence-corrected chi connectivity index (χ0v) is 15.5. The molecule has 4 aromatic rings. The van der Waals surface area contributed by atoms with Crippen molar-refractivity contribution in [3.05, 3.63) is 54.3 Å². The third-order valence-corrected chi connectivity index (χ3v) is 4.99. The summed E-state index contributed by atoms with van der Waals surface area (Å²) in [5, 5.41) is 10.0. The molecule has 0 bridgehead atoms. The van der Waals surface area contributed by atoms with E-state index in [1.807, 2.05) is 0 Å². The second-order valence-corrected chi connectivity index (χ2v) is 6.91. The molecule has 0 radical (unpaired) electrons. The minimum Gasteiger partial charge on any atom is -0.339 e. The van der Waals surface area contributed by atoms with Gasteiger partial charge in [-0.05, 0) is 30.7 Å². The van der Waals surface area contributed by atoms with Gasteiger partial charge in [-0.1, -0.05) is 30.3 Å². The standard InChI is InChI=1S/C18H17FN6OS/c1-2-3-4-16-23-15(24-26-16)10-27-18-14-9-22-25(17(14)20-11-21-18)13-7-5-12(19)6-8-13/h5-9,11H,2-4,10H2,1H3. The lowest BCUT2D eigenvalue weighted by molar-refractivity contribution is 0.371. The lowest BCUT2D eigenvalue weighted by Gasteiger charge is -2.03. The normalized spacial score (nSPS) is 11.3. The van der Waals surface area contributed by atoms with Gasteiger partial charge in [-0.15, -0.1) is 0 Å². The van der Waals surface area contributed by atoms with Crippen LogP contribution >= 0.6 is 11.8 Å². The number of rotatable bonds is 7. The molecule has 0 atom stereocenters. The summed E-state index contributed by atoms with van der Waals surface area (Å²) in [6.45, 7) is 2.12. The van der Waals surface area contributed by atoms with E-state index in [1.54, 1.807) is 23.0 Å². The first kappa shape index (κ1) is 17.6. The molecule has 0 spiro atoms. The number of hydrogen-bond donors (Lipinski definition) is 0. The average Bonchev–Trinajstić information content (AvgIpc) is 3.32. The first-order valence-corrected chi connectivity index (χ1v) is 9.62. The molecule has 0 amide bonds. The highest BCUT2D eigenvalue weighted by molar-refractivity contribution is 7.98. The number of unbranched alkanes of at least 4 members (excludes halogenated alkanes) is 1. The van der Waals surface area contributed by atoms with Gasteiger partial charge >= 0.3 is 0 Å². The van der Waals surface area contributed by atoms with E-state index >= 15 is 0 Å². The van der Waals surface area contributed by atoms with Crippen LogP contribution in [0.1, 0.15) is 31.5 Å². The van der Waals surface area contributed by atoms with Gasteiger partial charge in [-0.25, -0.2) is 19.0 Å². The summed E-state index contributed by atoms with van der Waals surface area (Å²) in [6, 6.07) is 6.11. The maximum atomic E-state index is 13.2. The molecule has 0 N–H and O–H groups in total. The molecule has 0 aliphatic rings. The summed E-state index contributed by atoms with van der Waals surface area (Å²) in [6.07, 6.45) is 6.13. The number of halogens is 1. The Morgan fingerprint density at radius 3 is 2.85 bits per heavy atom. The van der Waals surface area contributed by atoms with Crippen molar-refractivity contribution in [1.82, 2.24) is 29.9 Å². The van der Waals surface area contributed by atoms with Crippen molar-refractivity contribution in [2.24, 2.45) is 0 Å². The largest absolute Gasteiger partial charge is 0.339 e. The Balaban J connectivity index is 1.54. The Labute approximate surface area is 159 Å². The van der Waals surface area contributed by atoms with Crippen LogP contribution in [0.5, 0.6) is 0 Å². The van der Waals surface area contributed by atoms with E-state index in [0.717, 1.165) is 35.4 Å². The third-order valence-electron chi connectivity index (χ3n) is 3.99. The summed E-state index contributed by atoms with van der Waals surface area (Å²) in [5.74, 6) is 1.57. The molecule has 7 nitrogen and oxygen atoms in total. The lowest BCUT2D eigenvalue weighted by atomic mass is 10.2. The molecule has 0 saturated carbocycles. The van der Waals surface area contributed by atoms with Crippen molar-refractivity contribution in [3.8, 4) is 5.69 Å². The van der Waals surface area contributed by atoms with Crippen molar-refractivity contribution in [2.45, 2.75) is 37.0 Å². The first-order valence-electron chi connectivity index (χ1n) is 8.63. The zero-order chi connectivity index (χ0) is 18.6. The van der Waals surface area contributed by atoms with Gasteiger partial charge in [0.05, 0.1) is 23.0 Å². The Morgan fingerprint density at radius 1 is 1.19 bits per heavy atom. The van der Waals surface area contributed by atoms with Crippen LogP contribution in [0.15, 0.2) is 46.3 Å². The number of aryl methyl sites for hydroxylation is 1. The predicted octanol–water partition coefficient (Wildman–Crippen LogP) is 3.97. The number of aromatic nitrogens is 6. The van der Waals surface area contributed by atoms with Crippen molar-refractivity contribution < 1.29 is 8.91 Å². The van der Waals surface area contributed by atoms with Gasteiger partial charge in [0.2, 0.25) is 5.89 Å². The molecule has 0 aliphatic heterocycles. The number of thioether (sulfide) groups is 1. The SMILES string of the molecule is CCCCc1nc(CSc2ncnc3c2cnn3-c2ccc(F)cc2)no1. The monoisotopic (exact) mass is 384 g/mol. The first-order chi connectivity index (χ1) is 13.2. The van der Waals surface area contributed by atoms with Crippen molar-refractivity contribution >= 4 is 22.8 Å². The molecule has 0 aliphatic carbocycles. The van der Waals surface area contributed by atoms with Crippen molar-refractivity contribution in [3.63, 3.8) is 0 Å². The quantitative estimate of drug-likeness (QED) is 0.352. The van der Waals surface area contributed by atoms with Crippen LogP contribution in [-0.2, 0) is 12.2 Å².